The maximum absolute atomic E-state index is 12.6. The monoisotopic (exact) mass is 464 g/mol. The van der Waals surface area contributed by atoms with Crippen molar-refractivity contribution in [1.29, 1.82) is 0 Å². The lowest BCUT2D eigenvalue weighted by molar-refractivity contribution is 0.0734. The predicted molar refractivity (Wildman–Crippen MR) is 141 cm³/mol. The molecule has 3 rings (SSSR count). The molecule has 0 aromatic heterocycles. The van der Waals surface area contributed by atoms with Crippen LogP contribution in [0.15, 0.2) is 48.5 Å². The van der Waals surface area contributed by atoms with Crippen LogP contribution in [-0.4, -0.2) is 12.6 Å². The number of benzene rings is 2. The van der Waals surface area contributed by atoms with E-state index >= 15 is 0 Å². The molecule has 1 aliphatic carbocycles. The van der Waals surface area contributed by atoms with Gasteiger partial charge >= 0.3 is 5.97 Å². The van der Waals surface area contributed by atoms with Gasteiger partial charge in [0.25, 0.3) is 0 Å². The van der Waals surface area contributed by atoms with Crippen molar-refractivity contribution < 1.29 is 14.3 Å². The molecule has 3 nitrogen and oxygen atoms in total. The second-order valence-electron chi connectivity index (χ2n) is 10.2. The van der Waals surface area contributed by atoms with Crippen LogP contribution < -0.4 is 9.47 Å². The van der Waals surface area contributed by atoms with Gasteiger partial charge in [0, 0.05) is 0 Å². The van der Waals surface area contributed by atoms with E-state index in [1.165, 1.54) is 69.8 Å². The summed E-state index contributed by atoms with van der Waals surface area (Å²) in [7, 11) is 0. The highest BCUT2D eigenvalue weighted by molar-refractivity contribution is 5.91. The van der Waals surface area contributed by atoms with Crippen LogP contribution in [0.4, 0.5) is 0 Å². The van der Waals surface area contributed by atoms with Gasteiger partial charge in [0.1, 0.15) is 11.5 Å². The molecule has 0 spiro atoms. The summed E-state index contributed by atoms with van der Waals surface area (Å²) in [6, 6.07) is 15.4. The predicted octanol–water partition coefficient (Wildman–Crippen LogP) is 8.97. The fourth-order valence-electron chi connectivity index (χ4n) is 4.95. The average Bonchev–Trinajstić information content (AvgIpc) is 2.88. The van der Waals surface area contributed by atoms with Crippen molar-refractivity contribution in [3.63, 3.8) is 0 Å². The van der Waals surface area contributed by atoms with Gasteiger partial charge < -0.3 is 9.47 Å². The molecule has 0 radical (unpaired) electrons. The van der Waals surface area contributed by atoms with Crippen molar-refractivity contribution in [2.24, 2.45) is 11.8 Å². The highest BCUT2D eigenvalue weighted by Gasteiger charge is 2.22. The Balaban J connectivity index is 1.42. The molecule has 0 saturated heterocycles. The minimum atomic E-state index is -0.330. The first-order valence-corrected chi connectivity index (χ1v) is 13.6. The second kappa shape index (κ2) is 14.2. The van der Waals surface area contributed by atoms with E-state index in [0.717, 1.165) is 24.0 Å². The molecule has 0 N–H and O–H groups in total. The Bertz CT molecular complexity index is 832. The van der Waals surface area contributed by atoms with E-state index in [1.807, 2.05) is 24.3 Å². The molecule has 186 valence electrons. The van der Waals surface area contributed by atoms with E-state index in [1.54, 1.807) is 12.1 Å². The summed E-state index contributed by atoms with van der Waals surface area (Å²) in [5, 5.41) is 0. The smallest absolute Gasteiger partial charge is 0.343 e. The number of carbonyl (C=O) groups is 1. The minimum Gasteiger partial charge on any atom is -0.494 e. The van der Waals surface area contributed by atoms with Crippen LogP contribution in [0.2, 0.25) is 0 Å². The maximum atomic E-state index is 12.6. The van der Waals surface area contributed by atoms with Crippen molar-refractivity contribution in [2.75, 3.05) is 6.61 Å². The number of hydrogen-bond donors (Lipinski definition) is 0. The first-order chi connectivity index (χ1) is 16.6. The van der Waals surface area contributed by atoms with Gasteiger partial charge in [-0.05, 0) is 98.2 Å². The summed E-state index contributed by atoms with van der Waals surface area (Å²) in [6.07, 6.45) is 14.2. The number of esters is 1. The van der Waals surface area contributed by atoms with Crippen LogP contribution in [0.3, 0.4) is 0 Å². The summed E-state index contributed by atoms with van der Waals surface area (Å²) in [5.41, 5.74) is 1.92. The van der Waals surface area contributed by atoms with Crippen molar-refractivity contribution >= 4 is 5.97 Å². The Kier molecular flexibility index (Phi) is 11.0. The van der Waals surface area contributed by atoms with Crippen molar-refractivity contribution in [1.82, 2.24) is 0 Å². The highest BCUT2D eigenvalue weighted by atomic mass is 16.5. The Labute approximate surface area is 207 Å². The summed E-state index contributed by atoms with van der Waals surface area (Å²) in [6.45, 7) is 7.48. The van der Waals surface area contributed by atoms with E-state index in [2.05, 4.69) is 32.9 Å². The van der Waals surface area contributed by atoms with E-state index < -0.39 is 0 Å². The molecule has 1 fully saturated rings. The molecule has 2 aromatic rings. The lowest BCUT2D eigenvalue weighted by atomic mass is 9.77. The van der Waals surface area contributed by atoms with Gasteiger partial charge in [0.05, 0.1) is 12.2 Å². The Morgan fingerprint density at radius 2 is 1.56 bits per heavy atom. The third-order valence-electron chi connectivity index (χ3n) is 7.52. The number of ether oxygens (including phenoxy) is 2. The quantitative estimate of drug-likeness (QED) is 0.168. The SMILES string of the molecule is CCCCCC1CCC(c2ccc(OC(=O)c3ccc(OCCCC(C)CC)cc3)cc2)CC1. The lowest BCUT2D eigenvalue weighted by Gasteiger charge is -2.29. The third kappa shape index (κ3) is 8.49. The maximum Gasteiger partial charge on any atom is 0.343 e. The van der Waals surface area contributed by atoms with Crippen molar-refractivity contribution in [3.05, 3.63) is 59.7 Å². The summed E-state index contributed by atoms with van der Waals surface area (Å²) >= 11 is 0. The molecule has 2 aromatic carbocycles. The molecule has 1 aliphatic rings. The van der Waals surface area contributed by atoms with E-state index in [-0.39, 0.29) is 5.97 Å². The van der Waals surface area contributed by atoms with Crippen LogP contribution in [0, 0.1) is 11.8 Å². The van der Waals surface area contributed by atoms with Crippen LogP contribution in [-0.2, 0) is 0 Å². The first-order valence-electron chi connectivity index (χ1n) is 13.6. The molecule has 1 atom stereocenters. The topological polar surface area (TPSA) is 35.5 Å². The summed E-state index contributed by atoms with van der Waals surface area (Å²) in [4.78, 5) is 12.6. The molecule has 1 unspecified atom stereocenters. The Morgan fingerprint density at radius 1 is 0.882 bits per heavy atom. The van der Waals surface area contributed by atoms with Crippen LogP contribution in [0.25, 0.3) is 0 Å². The van der Waals surface area contributed by atoms with Crippen LogP contribution in [0.5, 0.6) is 11.5 Å². The largest absolute Gasteiger partial charge is 0.494 e. The zero-order chi connectivity index (χ0) is 24.2. The van der Waals surface area contributed by atoms with Crippen molar-refractivity contribution in [2.45, 2.75) is 97.3 Å². The fraction of sp³-hybridized carbons (Fsp3) is 0.581. The molecule has 0 heterocycles. The standard InChI is InChI=1S/C31H44O3/c1-4-6-7-10-25-11-13-26(14-12-25)27-15-21-30(22-16-27)34-31(32)28-17-19-29(20-18-28)33-23-8-9-24(3)5-2/h15-22,24-26H,4-14,23H2,1-3H3. The zero-order valence-electron chi connectivity index (χ0n) is 21.6. The highest BCUT2D eigenvalue weighted by Crippen LogP contribution is 2.38. The molecule has 0 bridgehead atoms. The molecule has 34 heavy (non-hydrogen) atoms. The molecule has 0 aliphatic heterocycles. The van der Waals surface area contributed by atoms with Gasteiger partial charge in [-0.15, -0.1) is 0 Å². The average molecular weight is 465 g/mol. The van der Waals surface area contributed by atoms with Gasteiger partial charge in [0.15, 0.2) is 0 Å². The number of carbonyl (C=O) groups excluding carboxylic acids is 1. The van der Waals surface area contributed by atoms with Gasteiger partial charge in [-0.1, -0.05) is 65.0 Å². The van der Waals surface area contributed by atoms with Gasteiger partial charge in [-0.25, -0.2) is 4.79 Å². The minimum absolute atomic E-state index is 0.330. The molecular formula is C31H44O3. The lowest BCUT2D eigenvalue weighted by Crippen LogP contribution is -2.13. The van der Waals surface area contributed by atoms with E-state index in [0.29, 0.717) is 23.8 Å². The number of unbranched alkanes of at least 4 members (excludes halogenated alkanes) is 2. The van der Waals surface area contributed by atoms with Gasteiger partial charge in [-0.3, -0.25) is 0 Å². The molecule has 1 saturated carbocycles. The fourth-order valence-corrected chi connectivity index (χ4v) is 4.95. The first kappa shape index (κ1) is 26.3. The number of rotatable bonds is 13. The zero-order valence-corrected chi connectivity index (χ0v) is 21.6. The normalized spacial score (nSPS) is 18.9. The molecule has 3 heteroatoms. The molecule has 0 amide bonds. The van der Waals surface area contributed by atoms with Gasteiger partial charge in [-0.2, -0.15) is 0 Å². The van der Waals surface area contributed by atoms with Crippen LogP contribution >= 0.6 is 0 Å². The summed E-state index contributed by atoms with van der Waals surface area (Å²) < 4.78 is 11.4. The Morgan fingerprint density at radius 3 is 2.21 bits per heavy atom. The van der Waals surface area contributed by atoms with Crippen LogP contribution in [0.1, 0.15) is 113 Å². The van der Waals surface area contributed by atoms with Crippen molar-refractivity contribution in [3.8, 4) is 11.5 Å². The third-order valence-corrected chi connectivity index (χ3v) is 7.52. The summed E-state index contributed by atoms with van der Waals surface area (Å²) in [5.74, 6) is 3.38. The second-order valence-corrected chi connectivity index (χ2v) is 10.2. The van der Waals surface area contributed by atoms with E-state index in [4.69, 9.17) is 9.47 Å². The van der Waals surface area contributed by atoms with E-state index in [9.17, 15) is 4.79 Å². The molecular weight excluding hydrogens is 420 g/mol. The van der Waals surface area contributed by atoms with Gasteiger partial charge in [0.2, 0.25) is 0 Å². The Hall–Kier alpha value is -2.29. The number of hydrogen-bond acceptors (Lipinski definition) is 3.